The standard InChI is InChI=1S/C20H26Cl2N4O3/c1-23-19(29)24-20(13-27,14-2-3-14)5-4-18(28)26-8-6-25(7-9-26)17-11-15(21)10-16(22)12-17/h10-14H,2-9H2,1H3,(H2,23,24,29). The van der Waals surface area contributed by atoms with Gasteiger partial charge in [0.25, 0.3) is 0 Å². The van der Waals surface area contributed by atoms with Gasteiger partial charge in [0.05, 0.1) is 0 Å². The highest BCUT2D eigenvalue weighted by molar-refractivity contribution is 6.35. The molecule has 1 aliphatic heterocycles. The van der Waals surface area contributed by atoms with Gasteiger partial charge in [-0.15, -0.1) is 0 Å². The van der Waals surface area contributed by atoms with Crippen molar-refractivity contribution in [2.45, 2.75) is 31.2 Å². The van der Waals surface area contributed by atoms with E-state index in [9.17, 15) is 14.4 Å². The van der Waals surface area contributed by atoms with Crippen LogP contribution in [0.5, 0.6) is 0 Å². The number of anilines is 1. The molecule has 0 bridgehead atoms. The van der Waals surface area contributed by atoms with E-state index in [1.165, 1.54) is 7.05 Å². The Kier molecular flexibility index (Phi) is 6.90. The quantitative estimate of drug-likeness (QED) is 0.638. The molecule has 1 aromatic rings. The number of aldehydes is 1. The third-order valence-electron chi connectivity index (χ3n) is 5.69. The summed E-state index contributed by atoms with van der Waals surface area (Å²) in [6, 6.07) is 5.02. The zero-order valence-corrected chi connectivity index (χ0v) is 17.9. The molecular formula is C20H26Cl2N4O3. The second-order valence-electron chi connectivity index (χ2n) is 7.63. The summed E-state index contributed by atoms with van der Waals surface area (Å²) < 4.78 is 0. The minimum absolute atomic E-state index is 0.000594. The van der Waals surface area contributed by atoms with E-state index in [4.69, 9.17) is 23.2 Å². The molecule has 0 spiro atoms. The number of amides is 3. The lowest BCUT2D eigenvalue weighted by molar-refractivity contribution is -0.132. The number of carbonyl (C=O) groups excluding carboxylic acids is 3. The van der Waals surface area contributed by atoms with Crippen molar-refractivity contribution in [3.63, 3.8) is 0 Å². The number of halogens is 2. The topological polar surface area (TPSA) is 81.8 Å². The summed E-state index contributed by atoms with van der Waals surface area (Å²) in [5.41, 5.74) is -0.0205. The normalized spacial score (nSPS) is 18.7. The maximum absolute atomic E-state index is 12.7. The monoisotopic (exact) mass is 440 g/mol. The van der Waals surface area contributed by atoms with E-state index >= 15 is 0 Å². The first-order chi connectivity index (χ1) is 13.9. The molecular weight excluding hydrogens is 415 g/mol. The van der Waals surface area contributed by atoms with E-state index in [2.05, 4.69) is 15.5 Å². The highest BCUT2D eigenvalue weighted by atomic mass is 35.5. The highest BCUT2D eigenvalue weighted by Crippen LogP contribution is 2.41. The van der Waals surface area contributed by atoms with E-state index in [1.54, 1.807) is 6.07 Å². The molecule has 0 radical (unpaired) electrons. The summed E-state index contributed by atoms with van der Waals surface area (Å²) in [7, 11) is 1.51. The molecule has 2 N–H and O–H groups in total. The van der Waals surface area contributed by atoms with Gasteiger partial charge in [0, 0.05) is 55.4 Å². The van der Waals surface area contributed by atoms with Crippen molar-refractivity contribution in [3.8, 4) is 0 Å². The predicted octanol–water partition coefficient (Wildman–Crippen LogP) is 2.70. The first-order valence-electron chi connectivity index (χ1n) is 9.82. The number of rotatable bonds is 7. The fraction of sp³-hybridized carbons (Fsp3) is 0.550. The van der Waals surface area contributed by atoms with Crippen LogP contribution in [0.1, 0.15) is 25.7 Å². The number of benzene rings is 1. The van der Waals surface area contributed by atoms with Crippen LogP contribution in [0.25, 0.3) is 0 Å². The molecule has 9 heteroatoms. The minimum atomic E-state index is -0.963. The number of carbonyl (C=O) groups is 3. The Balaban J connectivity index is 1.55. The fourth-order valence-corrected chi connectivity index (χ4v) is 4.35. The summed E-state index contributed by atoms with van der Waals surface area (Å²) in [5, 5.41) is 6.42. The summed E-state index contributed by atoms with van der Waals surface area (Å²) in [6.07, 6.45) is 3.11. The first kappa shape index (κ1) is 21.7. The molecule has 1 aliphatic carbocycles. The van der Waals surface area contributed by atoms with Crippen molar-refractivity contribution in [3.05, 3.63) is 28.2 Å². The molecule has 158 valence electrons. The lowest BCUT2D eigenvalue weighted by Crippen LogP contribution is -2.55. The zero-order valence-electron chi connectivity index (χ0n) is 16.4. The van der Waals surface area contributed by atoms with E-state index < -0.39 is 11.6 Å². The molecule has 1 atom stereocenters. The van der Waals surface area contributed by atoms with Crippen molar-refractivity contribution < 1.29 is 14.4 Å². The minimum Gasteiger partial charge on any atom is -0.368 e. The molecule has 0 aromatic heterocycles. The van der Waals surface area contributed by atoms with E-state index in [0.29, 0.717) is 42.6 Å². The van der Waals surface area contributed by atoms with Crippen LogP contribution < -0.4 is 15.5 Å². The Morgan fingerprint density at radius 3 is 2.28 bits per heavy atom. The van der Waals surface area contributed by atoms with Crippen molar-refractivity contribution in [1.82, 2.24) is 15.5 Å². The van der Waals surface area contributed by atoms with Crippen LogP contribution >= 0.6 is 23.2 Å². The zero-order chi connectivity index (χ0) is 21.0. The number of piperazine rings is 1. The lowest BCUT2D eigenvalue weighted by atomic mass is 9.89. The molecule has 3 amide bonds. The Labute approximate surface area is 180 Å². The van der Waals surface area contributed by atoms with Gasteiger partial charge in [-0.1, -0.05) is 23.2 Å². The lowest BCUT2D eigenvalue weighted by Gasteiger charge is -2.37. The summed E-state index contributed by atoms with van der Waals surface area (Å²) in [4.78, 5) is 40.3. The average molecular weight is 441 g/mol. The second kappa shape index (κ2) is 9.22. The Morgan fingerprint density at radius 2 is 1.76 bits per heavy atom. The van der Waals surface area contributed by atoms with Crippen LogP contribution in [-0.4, -0.2) is 61.9 Å². The number of nitrogens with one attached hydrogen (secondary N) is 2. The van der Waals surface area contributed by atoms with Crippen molar-refractivity contribution >= 4 is 47.1 Å². The maximum Gasteiger partial charge on any atom is 0.315 e. The van der Waals surface area contributed by atoms with Gasteiger partial charge in [-0.25, -0.2) is 4.79 Å². The predicted molar refractivity (Wildman–Crippen MR) is 114 cm³/mol. The molecule has 2 fully saturated rings. The Morgan fingerprint density at radius 1 is 1.14 bits per heavy atom. The van der Waals surface area contributed by atoms with Gasteiger partial charge in [0.1, 0.15) is 11.8 Å². The van der Waals surface area contributed by atoms with Gasteiger partial charge in [-0.05, 0) is 43.4 Å². The molecule has 1 unspecified atom stereocenters. The maximum atomic E-state index is 12.7. The van der Waals surface area contributed by atoms with Crippen LogP contribution in [0.2, 0.25) is 10.0 Å². The summed E-state index contributed by atoms with van der Waals surface area (Å²) in [5.74, 6) is 0.105. The number of hydrogen-bond acceptors (Lipinski definition) is 4. The second-order valence-corrected chi connectivity index (χ2v) is 8.50. The number of nitrogens with zero attached hydrogens (tertiary/aromatic N) is 2. The van der Waals surface area contributed by atoms with Gasteiger partial charge >= 0.3 is 6.03 Å². The van der Waals surface area contributed by atoms with Crippen LogP contribution in [0, 0.1) is 5.92 Å². The van der Waals surface area contributed by atoms with Crippen molar-refractivity contribution in [2.75, 3.05) is 38.1 Å². The van der Waals surface area contributed by atoms with Crippen LogP contribution in [0.3, 0.4) is 0 Å². The van der Waals surface area contributed by atoms with Crippen LogP contribution in [0.15, 0.2) is 18.2 Å². The van der Waals surface area contributed by atoms with E-state index in [-0.39, 0.29) is 18.2 Å². The van der Waals surface area contributed by atoms with Crippen LogP contribution in [0.4, 0.5) is 10.5 Å². The molecule has 2 aliphatic rings. The van der Waals surface area contributed by atoms with Crippen LogP contribution in [-0.2, 0) is 9.59 Å². The molecule has 7 nitrogen and oxygen atoms in total. The van der Waals surface area contributed by atoms with Gasteiger partial charge in [-0.2, -0.15) is 0 Å². The first-order valence-corrected chi connectivity index (χ1v) is 10.6. The smallest absolute Gasteiger partial charge is 0.315 e. The molecule has 29 heavy (non-hydrogen) atoms. The van der Waals surface area contributed by atoms with Gasteiger partial charge in [0.15, 0.2) is 0 Å². The van der Waals surface area contributed by atoms with E-state index in [1.807, 2.05) is 17.0 Å². The summed E-state index contributed by atoms with van der Waals surface area (Å²) in [6.45, 7) is 2.54. The summed E-state index contributed by atoms with van der Waals surface area (Å²) >= 11 is 12.2. The van der Waals surface area contributed by atoms with E-state index in [0.717, 1.165) is 24.8 Å². The molecule has 3 rings (SSSR count). The largest absolute Gasteiger partial charge is 0.368 e. The third-order valence-corrected chi connectivity index (χ3v) is 6.12. The van der Waals surface area contributed by atoms with Gasteiger partial charge in [-0.3, -0.25) is 4.79 Å². The SMILES string of the molecule is CNC(=O)NC(C=O)(CCC(=O)N1CCN(c2cc(Cl)cc(Cl)c2)CC1)C1CC1. The van der Waals surface area contributed by atoms with Gasteiger partial charge < -0.3 is 25.2 Å². The molecule has 1 saturated carbocycles. The Hall–Kier alpha value is -1.99. The molecule has 1 saturated heterocycles. The third kappa shape index (κ3) is 5.34. The Bertz CT molecular complexity index is 759. The number of hydrogen-bond donors (Lipinski definition) is 2. The molecule has 1 heterocycles. The molecule has 1 aromatic carbocycles. The van der Waals surface area contributed by atoms with Crippen molar-refractivity contribution in [1.29, 1.82) is 0 Å². The number of urea groups is 1. The average Bonchev–Trinajstić information content (AvgIpc) is 3.56. The van der Waals surface area contributed by atoms with Gasteiger partial charge in [0.2, 0.25) is 5.91 Å². The van der Waals surface area contributed by atoms with Crippen molar-refractivity contribution in [2.24, 2.45) is 5.92 Å². The fourth-order valence-electron chi connectivity index (χ4n) is 3.83. The highest BCUT2D eigenvalue weighted by Gasteiger charge is 2.46.